The van der Waals surface area contributed by atoms with Crippen molar-refractivity contribution in [3.63, 3.8) is 0 Å². The normalized spacial score (nSPS) is 23.5. The molecule has 154 valence electrons. The minimum Gasteiger partial charge on any atom is -0.337 e. The molecular formula is C23H22FN3OS2. The molecule has 0 spiro atoms. The van der Waals surface area contributed by atoms with Gasteiger partial charge in [0, 0.05) is 18.0 Å². The van der Waals surface area contributed by atoms with Crippen LogP contribution >= 0.6 is 23.5 Å². The van der Waals surface area contributed by atoms with Crippen LogP contribution < -0.4 is 4.90 Å². The van der Waals surface area contributed by atoms with Gasteiger partial charge in [0.1, 0.15) is 10.7 Å². The second-order valence-electron chi connectivity index (χ2n) is 7.70. The fraction of sp³-hybridized carbons (Fsp3) is 0.304. The number of rotatable bonds is 2. The Morgan fingerprint density at radius 1 is 1.00 bits per heavy atom. The lowest BCUT2D eigenvalue weighted by atomic mass is 9.94. The van der Waals surface area contributed by atoms with Crippen LogP contribution in [0, 0.1) is 5.82 Å². The van der Waals surface area contributed by atoms with Crippen molar-refractivity contribution in [1.29, 1.82) is 0 Å². The quantitative estimate of drug-likeness (QED) is 0.527. The predicted molar refractivity (Wildman–Crippen MR) is 123 cm³/mol. The van der Waals surface area contributed by atoms with Gasteiger partial charge in [-0.3, -0.25) is 9.69 Å². The molecule has 1 aliphatic carbocycles. The lowest BCUT2D eigenvalue weighted by Crippen LogP contribution is -2.40. The average Bonchev–Trinajstić information content (AvgIpc) is 3.27. The van der Waals surface area contributed by atoms with E-state index >= 15 is 0 Å². The third-order valence-electron chi connectivity index (χ3n) is 5.74. The van der Waals surface area contributed by atoms with Gasteiger partial charge in [0.25, 0.3) is 5.91 Å². The number of hydrogen-bond acceptors (Lipinski definition) is 5. The number of amides is 1. The van der Waals surface area contributed by atoms with Gasteiger partial charge in [-0.2, -0.15) is 0 Å². The van der Waals surface area contributed by atoms with E-state index in [1.807, 2.05) is 24.1 Å². The molecule has 2 aromatic carbocycles. The van der Waals surface area contributed by atoms with Crippen molar-refractivity contribution in [3.8, 4) is 0 Å². The molecule has 4 nitrogen and oxygen atoms in total. The molecule has 2 fully saturated rings. The van der Waals surface area contributed by atoms with E-state index < -0.39 is 0 Å². The van der Waals surface area contributed by atoms with Crippen LogP contribution in [0.1, 0.15) is 32.1 Å². The highest BCUT2D eigenvalue weighted by molar-refractivity contribution is 8.19. The number of carbonyl (C=O) groups is 1. The first-order valence-electron chi connectivity index (χ1n) is 10.2. The van der Waals surface area contributed by atoms with Gasteiger partial charge in [0.05, 0.1) is 16.4 Å². The number of thioether (sulfide) groups is 2. The summed E-state index contributed by atoms with van der Waals surface area (Å²) in [7, 11) is 2.01. The number of hydrogen-bond donors (Lipinski definition) is 0. The molecule has 0 unspecified atom stereocenters. The van der Waals surface area contributed by atoms with Crippen LogP contribution in [0.3, 0.4) is 0 Å². The molecule has 5 rings (SSSR count). The van der Waals surface area contributed by atoms with E-state index in [-0.39, 0.29) is 17.8 Å². The van der Waals surface area contributed by atoms with Gasteiger partial charge in [-0.15, -0.1) is 0 Å². The van der Waals surface area contributed by atoms with E-state index in [9.17, 15) is 9.18 Å². The van der Waals surface area contributed by atoms with Crippen LogP contribution in [0.25, 0.3) is 0 Å². The van der Waals surface area contributed by atoms with Crippen molar-refractivity contribution in [2.45, 2.75) is 43.0 Å². The first kappa shape index (κ1) is 19.7. The summed E-state index contributed by atoms with van der Waals surface area (Å²) in [5.41, 5.74) is 1.78. The first-order chi connectivity index (χ1) is 14.6. The Bertz CT molecular complexity index is 1040. The molecule has 1 saturated carbocycles. The summed E-state index contributed by atoms with van der Waals surface area (Å²) in [6.07, 6.45) is 5.49. The van der Waals surface area contributed by atoms with E-state index in [1.54, 1.807) is 23.9 Å². The first-order valence-corrected chi connectivity index (χ1v) is 11.9. The van der Waals surface area contributed by atoms with Gasteiger partial charge >= 0.3 is 0 Å². The molecule has 1 saturated heterocycles. The lowest BCUT2D eigenvalue weighted by molar-refractivity contribution is -0.124. The summed E-state index contributed by atoms with van der Waals surface area (Å²) in [5, 5.41) is 1.65. The molecule has 0 radical (unpaired) electrons. The van der Waals surface area contributed by atoms with E-state index in [0.29, 0.717) is 10.9 Å². The van der Waals surface area contributed by atoms with Gasteiger partial charge < -0.3 is 4.90 Å². The maximum Gasteiger partial charge on any atom is 0.269 e. The smallest absolute Gasteiger partial charge is 0.269 e. The molecule has 0 atom stereocenters. The molecule has 1 amide bonds. The van der Waals surface area contributed by atoms with Crippen LogP contribution in [-0.4, -0.2) is 29.1 Å². The SMILES string of the molecule is CN1C(=C2SC(=Nc3ccc(F)cc3)N(C3CCCCC3)C2=O)Sc2ccccc21. The van der Waals surface area contributed by atoms with Crippen molar-refractivity contribution in [2.75, 3.05) is 11.9 Å². The van der Waals surface area contributed by atoms with Crippen LogP contribution in [0.15, 0.2) is 68.4 Å². The Hall–Kier alpha value is -2.25. The molecule has 30 heavy (non-hydrogen) atoms. The minimum atomic E-state index is -0.289. The average molecular weight is 440 g/mol. The molecule has 0 N–H and O–H groups in total. The Kier molecular flexibility index (Phi) is 5.33. The second kappa shape index (κ2) is 8.12. The minimum absolute atomic E-state index is 0.0370. The molecule has 0 bridgehead atoms. The van der Waals surface area contributed by atoms with Crippen LogP contribution in [-0.2, 0) is 4.79 Å². The molecular weight excluding hydrogens is 417 g/mol. The fourth-order valence-corrected chi connectivity index (χ4v) is 6.58. The van der Waals surface area contributed by atoms with Crippen molar-refractivity contribution >= 4 is 46.0 Å². The van der Waals surface area contributed by atoms with Gasteiger partial charge in [0.2, 0.25) is 0 Å². The molecule has 7 heteroatoms. The second-order valence-corrected chi connectivity index (χ2v) is 9.71. The van der Waals surface area contributed by atoms with E-state index in [0.717, 1.165) is 46.2 Å². The monoisotopic (exact) mass is 439 g/mol. The van der Waals surface area contributed by atoms with Gasteiger partial charge in [-0.25, -0.2) is 9.38 Å². The number of anilines is 1. The number of benzene rings is 2. The highest BCUT2D eigenvalue weighted by atomic mass is 32.2. The van der Waals surface area contributed by atoms with Crippen molar-refractivity contribution < 1.29 is 9.18 Å². The van der Waals surface area contributed by atoms with E-state index in [1.165, 1.54) is 30.3 Å². The standard InChI is InChI=1S/C23H22FN3OS2/c1-26-18-9-5-6-10-19(18)29-22(26)20-21(28)27(17-7-3-2-4-8-17)23(30-20)25-16-13-11-15(24)12-14-16/h5-6,9-14,17H,2-4,7-8H2,1H3. The van der Waals surface area contributed by atoms with Crippen molar-refractivity contribution in [3.05, 3.63) is 64.3 Å². The summed E-state index contributed by atoms with van der Waals surface area (Å²) in [4.78, 5) is 24.2. The highest BCUT2D eigenvalue weighted by Crippen LogP contribution is 2.50. The molecule has 3 aliphatic rings. The number of nitrogens with zero attached hydrogens (tertiary/aromatic N) is 3. The maximum atomic E-state index is 13.6. The summed E-state index contributed by atoms with van der Waals surface area (Å²) in [6, 6.07) is 14.5. The summed E-state index contributed by atoms with van der Waals surface area (Å²) in [5.74, 6) is -0.252. The van der Waals surface area contributed by atoms with Crippen LogP contribution in [0.4, 0.5) is 15.8 Å². The molecule has 2 aliphatic heterocycles. The number of fused-ring (bicyclic) bond motifs is 1. The topological polar surface area (TPSA) is 35.9 Å². The highest BCUT2D eigenvalue weighted by Gasteiger charge is 2.42. The largest absolute Gasteiger partial charge is 0.337 e. The third-order valence-corrected chi connectivity index (χ3v) is 8.14. The van der Waals surface area contributed by atoms with E-state index in [4.69, 9.17) is 4.99 Å². The Morgan fingerprint density at radius 2 is 1.73 bits per heavy atom. The number of halogens is 1. The third kappa shape index (κ3) is 3.54. The summed E-state index contributed by atoms with van der Waals surface area (Å²) >= 11 is 3.08. The van der Waals surface area contributed by atoms with E-state index in [2.05, 4.69) is 17.0 Å². The Labute approximate surface area is 184 Å². The summed E-state index contributed by atoms with van der Waals surface area (Å²) < 4.78 is 13.3. The number of para-hydroxylation sites is 1. The fourth-order valence-electron chi connectivity index (χ4n) is 4.18. The maximum absolute atomic E-state index is 13.6. The predicted octanol–water partition coefficient (Wildman–Crippen LogP) is 6.13. The Morgan fingerprint density at radius 3 is 2.47 bits per heavy atom. The number of aliphatic imine (C=N–C) groups is 1. The molecule has 2 heterocycles. The van der Waals surface area contributed by atoms with Crippen LogP contribution in [0.5, 0.6) is 0 Å². The molecule has 0 aromatic heterocycles. The van der Waals surface area contributed by atoms with Crippen molar-refractivity contribution in [2.24, 2.45) is 4.99 Å². The van der Waals surface area contributed by atoms with Gasteiger partial charge in [0.15, 0.2) is 5.17 Å². The van der Waals surface area contributed by atoms with Crippen molar-refractivity contribution in [1.82, 2.24) is 4.90 Å². The number of amidine groups is 1. The zero-order valence-electron chi connectivity index (χ0n) is 16.7. The molecule has 2 aromatic rings. The summed E-state index contributed by atoms with van der Waals surface area (Å²) in [6.45, 7) is 0. The lowest BCUT2D eigenvalue weighted by Gasteiger charge is -2.30. The van der Waals surface area contributed by atoms with Gasteiger partial charge in [-0.1, -0.05) is 43.2 Å². The number of carbonyl (C=O) groups excluding carboxylic acids is 1. The zero-order chi connectivity index (χ0) is 20.7. The van der Waals surface area contributed by atoms with Gasteiger partial charge in [-0.05, 0) is 61.0 Å². The Balaban J connectivity index is 1.55. The van der Waals surface area contributed by atoms with Crippen LogP contribution in [0.2, 0.25) is 0 Å². The zero-order valence-corrected chi connectivity index (χ0v) is 18.3.